The molecule has 3 atom stereocenters. The van der Waals surface area contributed by atoms with Gasteiger partial charge in [-0.1, -0.05) is 25.1 Å². The Labute approximate surface area is 176 Å². The average Bonchev–Trinajstić information content (AvgIpc) is 3.11. The van der Waals surface area contributed by atoms with Gasteiger partial charge in [-0.05, 0) is 42.7 Å². The largest absolute Gasteiger partial charge is 0.476 e. The smallest absolute Gasteiger partial charge is 0.212 e. The molecule has 8 heteroatoms. The molecule has 1 aromatic heterocycles. The SMILES string of the molecule is CCS(=O)(=O)c1cccc(C2=CN=C(OC[C@H](C)O)C3Nc4ncc(C)cc4C23)c1. The molecule has 2 aliphatic rings. The molecular weight excluding hydrogens is 402 g/mol. The molecule has 1 aromatic carbocycles. The molecule has 0 spiro atoms. The summed E-state index contributed by atoms with van der Waals surface area (Å²) in [6.45, 7) is 5.42. The highest BCUT2D eigenvalue weighted by molar-refractivity contribution is 7.91. The number of benzene rings is 1. The van der Waals surface area contributed by atoms with Crippen LogP contribution >= 0.6 is 0 Å². The zero-order chi connectivity index (χ0) is 21.5. The number of hydrogen-bond acceptors (Lipinski definition) is 7. The number of aryl methyl sites for hydroxylation is 1. The number of rotatable bonds is 5. The fourth-order valence-corrected chi connectivity index (χ4v) is 4.75. The van der Waals surface area contributed by atoms with Crippen LogP contribution in [0, 0.1) is 6.92 Å². The van der Waals surface area contributed by atoms with Gasteiger partial charge in [0, 0.05) is 23.9 Å². The van der Waals surface area contributed by atoms with Gasteiger partial charge in [-0.15, -0.1) is 0 Å². The quantitative estimate of drug-likeness (QED) is 0.761. The van der Waals surface area contributed by atoms with Gasteiger partial charge in [0.05, 0.1) is 16.8 Å². The van der Waals surface area contributed by atoms with Crippen LogP contribution in [0.15, 0.2) is 52.6 Å². The number of hydrogen-bond donors (Lipinski definition) is 2. The van der Waals surface area contributed by atoms with Gasteiger partial charge in [-0.2, -0.15) is 0 Å². The molecule has 0 radical (unpaired) electrons. The molecule has 2 aromatic rings. The molecular formula is C22H25N3O4S. The molecule has 2 aliphatic heterocycles. The summed E-state index contributed by atoms with van der Waals surface area (Å²) in [6.07, 6.45) is 2.92. The molecule has 0 bridgehead atoms. The lowest BCUT2D eigenvalue weighted by Gasteiger charge is -2.28. The summed E-state index contributed by atoms with van der Waals surface area (Å²) in [4.78, 5) is 9.32. The second-order valence-electron chi connectivity index (χ2n) is 7.69. The van der Waals surface area contributed by atoms with Crippen LogP contribution in [-0.4, -0.2) is 48.9 Å². The predicted molar refractivity (Wildman–Crippen MR) is 116 cm³/mol. The van der Waals surface area contributed by atoms with Gasteiger partial charge >= 0.3 is 0 Å². The second-order valence-corrected chi connectivity index (χ2v) is 9.97. The van der Waals surface area contributed by atoms with E-state index in [2.05, 4.69) is 21.4 Å². The van der Waals surface area contributed by atoms with Gasteiger partial charge in [0.15, 0.2) is 9.84 Å². The molecule has 158 valence electrons. The third-order valence-electron chi connectivity index (χ3n) is 5.33. The first-order valence-electron chi connectivity index (χ1n) is 9.95. The van der Waals surface area contributed by atoms with Gasteiger partial charge in [-0.3, -0.25) is 0 Å². The van der Waals surface area contributed by atoms with Gasteiger partial charge in [0.2, 0.25) is 5.90 Å². The Morgan fingerprint density at radius 3 is 2.83 bits per heavy atom. The topological polar surface area (TPSA) is 101 Å². The molecule has 0 aliphatic carbocycles. The minimum atomic E-state index is -3.32. The Kier molecular flexibility index (Phi) is 5.38. The summed E-state index contributed by atoms with van der Waals surface area (Å²) in [5.41, 5.74) is 3.75. The van der Waals surface area contributed by atoms with Crippen molar-refractivity contribution in [1.29, 1.82) is 0 Å². The zero-order valence-corrected chi connectivity index (χ0v) is 18.0. The normalized spacial score (nSPS) is 21.1. The van der Waals surface area contributed by atoms with E-state index in [-0.39, 0.29) is 24.3 Å². The first-order chi connectivity index (χ1) is 14.3. The van der Waals surface area contributed by atoms with Crippen molar-refractivity contribution in [3.8, 4) is 0 Å². The Hall–Kier alpha value is -2.71. The molecule has 0 amide bonds. The Balaban J connectivity index is 1.81. The van der Waals surface area contributed by atoms with Gasteiger partial charge < -0.3 is 15.2 Å². The molecule has 30 heavy (non-hydrogen) atoms. The summed E-state index contributed by atoms with van der Waals surface area (Å²) >= 11 is 0. The van der Waals surface area contributed by atoms with Crippen molar-refractivity contribution in [3.63, 3.8) is 0 Å². The van der Waals surface area contributed by atoms with E-state index in [1.165, 1.54) is 0 Å². The van der Waals surface area contributed by atoms with Crippen LogP contribution in [0.5, 0.6) is 0 Å². The van der Waals surface area contributed by atoms with E-state index in [9.17, 15) is 13.5 Å². The molecule has 2 N–H and O–H groups in total. The number of sulfone groups is 1. The fraction of sp³-hybridized carbons (Fsp3) is 0.364. The van der Waals surface area contributed by atoms with Crippen LogP contribution in [0.4, 0.5) is 5.82 Å². The predicted octanol–water partition coefficient (Wildman–Crippen LogP) is 2.91. The van der Waals surface area contributed by atoms with Crippen LogP contribution < -0.4 is 5.32 Å². The van der Waals surface area contributed by atoms with E-state index < -0.39 is 15.9 Å². The van der Waals surface area contributed by atoms with E-state index in [1.54, 1.807) is 44.4 Å². The Morgan fingerprint density at radius 1 is 1.30 bits per heavy atom. The van der Waals surface area contributed by atoms with Gasteiger partial charge in [0.25, 0.3) is 0 Å². The number of aliphatic hydroxyl groups excluding tert-OH is 1. The zero-order valence-electron chi connectivity index (χ0n) is 17.2. The molecule has 0 fully saturated rings. The first kappa shape index (κ1) is 20.6. The van der Waals surface area contributed by atoms with Crippen LogP contribution in [-0.2, 0) is 14.6 Å². The molecule has 7 nitrogen and oxygen atoms in total. The monoisotopic (exact) mass is 427 g/mol. The second kappa shape index (κ2) is 7.85. The molecule has 4 rings (SSSR count). The average molecular weight is 428 g/mol. The minimum absolute atomic E-state index is 0.0462. The maximum Gasteiger partial charge on any atom is 0.212 e. The molecule has 0 saturated heterocycles. The maximum atomic E-state index is 12.4. The Bertz CT molecular complexity index is 1140. The number of pyridine rings is 1. The third kappa shape index (κ3) is 3.73. The van der Waals surface area contributed by atoms with Crippen LogP contribution in [0.1, 0.15) is 36.5 Å². The number of nitrogens with one attached hydrogen (secondary N) is 1. The van der Waals surface area contributed by atoms with Crippen LogP contribution in [0.25, 0.3) is 5.57 Å². The van der Waals surface area contributed by atoms with Crippen molar-refractivity contribution in [3.05, 3.63) is 59.4 Å². The van der Waals surface area contributed by atoms with Gasteiger partial charge in [0.1, 0.15) is 18.5 Å². The highest BCUT2D eigenvalue weighted by Gasteiger charge is 2.42. The number of nitrogens with zero attached hydrogens (tertiary/aromatic N) is 2. The lowest BCUT2D eigenvalue weighted by molar-refractivity contribution is 0.114. The highest BCUT2D eigenvalue weighted by Crippen LogP contribution is 2.46. The van der Waals surface area contributed by atoms with Gasteiger partial charge in [-0.25, -0.2) is 18.4 Å². The summed E-state index contributed by atoms with van der Waals surface area (Å²) in [6, 6.07) is 8.79. The standard InChI is InChI=1S/C22H25N3O4S/c1-4-30(27,28)16-7-5-6-15(9-16)18-11-24-22(29-12-14(3)26)20-19(18)17-8-13(2)10-23-21(17)25-20/h5-11,14,19-20,26H,4,12H2,1-3H3,(H,23,25)/t14-,19?,20?/m0/s1. The van der Waals surface area contributed by atoms with Crippen LogP contribution in [0.3, 0.4) is 0 Å². The number of aromatic nitrogens is 1. The number of aliphatic imine (C=N–C) groups is 1. The number of ether oxygens (including phenoxy) is 1. The summed E-state index contributed by atoms with van der Waals surface area (Å²) in [5.74, 6) is 1.16. The fourth-order valence-electron chi connectivity index (χ4n) is 3.83. The van der Waals surface area contributed by atoms with Crippen molar-refractivity contribution in [2.45, 2.75) is 43.7 Å². The first-order valence-corrected chi connectivity index (χ1v) is 11.6. The van der Waals surface area contributed by atoms with Crippen molar-refractivity contribution < 1.29 is 18.3 Å². The highest BCUT2D eigenvalue weighted by atomic mass is 32.2. The van der Waals surface area contributed by atoms with E-state index in [1.807, 2.05) is 13.0 Å². The number of anilines is 1. The Morgan fingerprint density at radius 2 is 2.10 bits per heavy atom. The maximum absolute atomic E-state index is 12.4. The van der Waals surface area contributed by atoms with E-state index in [0.29, 0.717) is 10.8 Å². The van der Waals surface area contributed by atoms with E-state index in [0.717, 1.165) is 28.1 Å². The van der Waals surface area contributed by atoms with Crippen molar-refractivity contribution in [2.75, 3.05) is 17.7 Å². The molecule has 3 heterocycles. The van der Waals surface area contributed by atoms with Crippen molar-refractivity contribution in [2.24, 2.45) is 4.99 Å². The lowest BCUT2D eigenvalue weighted by Crippen LogP contribution is -2.36. The summed E-state index contributed by atoms with van der Waals surface area (Å²) in [5, 5.41) is 13.0. The number of fused-ring (bicyclic) bond motifs is 3. The lowest BCUT2D eigenvalue weighted by atomic mass is 9.83. The minimum Gasteiger partial charge on any atom is -0.476 e. The van der Waals surface area contributed by atoms with Crippen LogP contribution in [0.2, 0.25) is 0 Å². The number of aliphatic hydroxyl groups is 1. The molecule has 2 unspecified atom stereocenters. The third-order valence-corrected chi connectivity index (χ3v) is 7.06. The molecule has 0 saturated carbocycles. The van der Waals surface area contributed by atoms with E-state index >= 15 is 0 Å². The van der Waals surface area contributed by atoms with E-state index in [4.69, 9.17) is 4.74 Å². The summed E-state index contributed by atoms with van der Waals surface area (Å²) in [7, 11) is -3.32. The summed E-state index contributed by atoms with van der Waals surface area (Å²) < 4.78 is 30.6. The van der Waals surface area contributed by atoms with Crippen molar-refractivity contribution >= 4 is 27.1 Å². The van der Waals surface area contributed by atoms with Crippen molar-refractivity contribution in [1.82, 2.24) is 4.98 Å².